The molecule has 0 radical (unpaired) electrons. The van der Waals surface area contributed by atoms with Crippen LogP contribution >= 0.6 is 0 Å². The van der Waals surface area contributed by atoms with Gasteiger partial charge in [-0.05, 0) is 24.3 Å². The highest BCUT2D eigenvalue weighted by Crippen LogP contribution is 2.12. The Bertz CT molecular complexity index is 925. The molecule has 2 rings (SSSR count). The van der Waals surface area contributed by atoms with Gasteiger partial charge in [0.2, 0.25) is 0 Å². The molecule has 0 aliphatic carbocycles. The van der Waals surface area contributed by atoms with Gasteiger partial charge < -0.3 is 10.4 Å². The van der Waals surface area contributed by atoms with Gasteiger partial charge in [-0.1, -0.05) is 0 Å². The van der Waals surface area contributed by atoms with Gasteiger partial charge in [-0.3, -0.25) is 24.0 Å². The smallest absolute Gasteiger partial charge is 0.305 e. The fourth-order valence-electron chi connectivity index (χ4n) is 1.85. The summed E-state index contributed by atoms with van der Waals surface area (Å²) >= 11 is 0. The van der Waals surface area contributed by atoms with Crippen molar-refractivity contribution >= 4 is 22.0 Å². The molecule has 10 nitrogen and oxygen atoms in total. The molecule has 1 aromatic carbocycles. The number of carboxylic acid groups (broad SMARTS) is 1. The number of aromatic amines is 1. The first-order valence-electron chi connectivity index (χ1n) is 6.58. The van der Waals surface area contributed by atoms with Crippen LogP contribution in [-0.4, -0.2) is 46.3 Å². The number of carbonyl (C=O) groups excluding carboxylic acids is 1. The maximum atomic E-state index is 11.9. The molecular weight excluding hydrogens is 342 g/mol. The van der Waals surface area contributed by atoms with E-state index in [0.717, 1.165) is 22.9 Å². The molecule has 24 heavy (non-hydrogen) atoms. The second kappa shape index (κ2) is 6.68. The van der Waals surface area contributed by atoms with Gasteiger partial charge in [-0.25, -0.2) is 4.68 Å². The fraction of sp³-hybridized carbons (Fsp3) is 0.154. The Morgan fingerprint density at radius 2 is 1.83 bits per heavy atom. The van der Waals surface area contributed by atoms with Crippen molar-refractivity contribution in [2.45, 2.75) is 11.3 Å². The first kappa shape index (κ1) is 17.4. The number of carbonyl (C=O) groups is 2. The molecule has 2 aromatic rings. The summed E-state index contributed by atoms with van der Waals surface area (Å²) in [5.41, 5.74) is -0.403. The second-order valence-electron chi connectivity index (χ2n) is 4.71. The average Bonchev–Trinajstić information content (AvgIpc) is 2.88. The van der Waals surface area contributed by atoms with E-state index in [1.54, 1.807) is 0 Å². The maximum Gasteiger partial charge on any atom is 0.305 e. The van der Waals surface area contributed by atoms with Crippen molar-refractivity contribution in [3.63, 3.8) is 0 Å². The number of nitrogens with one attached hydrogen (secondary N) is 2. The summed E-state index contributed by atoms with van der Waals surface area (Å²) in [4.78, 5) is 33.8. The minimum atomic E-state index is -4.35. The minimum absolute atomic E-state index is 0.0794. The number of rotatable bonds is 6. The van der Waals surface area contributed by atoms with Crippen molar-refractivity contribution < 1.29 is 27.7 Å². The van der Waals surface area contributed by atoms with E-state index in [9.17, 15) is 22.8 Å². The largest absolute Gasteiger partial charge is 0.481 e. The van der Waals surface area contributed by atoms with Crippen LogP contribution in [0.5, 0.6) is 0 Å². The van der Waals surface area contributed by atoms with Crippen molar-refractivity contribution in [2.75, 3.05) is 6.54 Å². The third kappa shape index (κ3) is 4.08. The summed E-state index contributed by atoms with van der Waals surface area (Å²) in [6.07, 6.45) is -0.256. The summed E-state index contributed by atoms with van der Waals surface area (Å²) in [6, 6.07) is 5.77. The first-order valence-corrected chi connectivity index (χ1v) is 8.02. The van der Waals surface area contributed by atoms with Crippen LogP contribution < -0.4 is 10.9 Å². The number of H-pyrrole nitrogens is 1. The predicted molar refractivity (Wildman–Crippen MR) is 80.8 cm³/mol. The molecule has 128 valence electrons. The summed E-state index contributed by atoms with van der Waals surface area (Å²) in [6.45, 7) is -0.0928. The van der Waals surface area contributed by atoms with Crippen LogP contribution in [0.1, 0.15) is 16.9 Å². The molecule has 0 spiro atoms. The lowest BCUT2D eigenvalue weighted by molar-refractivity contribution is -0.136. The monoisotopic (exact) mass is 355 g/mol. The van der Waals surface area contributed by atoms with Crippen LogP contribution in [0.3, 0.4) is 0 Å². The van der Waals surface area contributed by atoms with E-state index in [0.29, 0.717) is 0 Å². The number of nitrogens with zero attached hydrogens (tertiary/aromatic N) is 1. The number of aliphatic carboxylic acids is 1. The summed E-state index contributed by atoms with van der Waals surface area (Å²) in [5.74, 6) is -1.72. The Morgan fingerprint density at radius 1 is 1.21 bits per heavy atom. The third-order valence-corrected chi connectivity index (χ3v) is 3.85. The number of carboxylic acids is 1. The van der Waals surface area contributed by atoms with Gasteiger partial charge in [0.15, 0.2) is 0 Å². The Hall–Kier alpha value is -2.92. The normalized spacial score (nSPS) is 11.2. The van der Waals surface area contributed by atoms with Gasteiger partial charge in [-0.15, -0.1) is 0 Å². The SMILES string of the molecule is O=C(O)CCNC(=O)c1cc(=O)n(-c2ccc(S(=O)(=O)O)cc2)[nH]1. The van der Waals surface area contributed by atoms with E-state index >= 15 is 0 Å². The average molecular weight is 355 g/mol. The molecule has 0 saturated heterocycles. The summed E-state index contributed by atoms with van der Waals surface area (Å²) in [7, 11) is -4.35. The topological polar surface area (TPSA) is 159 Å². The molecule has 4 N–H and O–H groups in total. The molecule has 0 fully saturated rings. The Balaban J connectivity index is 2.21. The van der Waals surface area contributed by atoms with Crippen LogP contribution in [-0.2, 0) is 14.9 Å². The molecule has 0 aliphatic rings. The molecule has 11 heteroatoms. The van der Waals surface area contributed by atoms with Crippen LogP contribution in [0.4, 0.5) is 0 Å². The zero-order valence-corrected chi connectivity index (χ0v) is 12.9. The Morgan fingerprint density at radius 3 is 2.38 bits per heavy atom. The van der Waals surface area contributed by atoms with Gasteiger partial charge in [0.1, 0.15) is 5.69 Å². The lowest BCUT2D eigenvalue weighted by atomic mass is 10.3. The van der Waals surface area contributed by atoms with E-state index in [2.05, 4.69) is 10.4 Å². The second-order valence-corrected chi connectivity index (χ2v) is 6.13. The maximum absolute atomic E-state index is 11.9. The number of hydrogen-bond donors (Lipinski definition) is 4. The minimum Gasteiger partial charge on any atom is -0.481 e. The highest BCUT2D eigenvalue weighted by molar-refractivity contribution is 7.85. The van der Waals surface area contributed by atoms with Crippen LogP contribution in [0.25, 0.3) is 5.69 Å². The van der Waals surface area contributed by atoms with Crippen molar-refractivity contribution in [1.82, 2.24) is 15.1 Å². The van der Waals surface area contributed by atoms with Crippen LogP contribution in [0, 0.1) is 0 Å². The van der Waals surface area contributed by atoms with E-state index in [1.165, 1.54) is 12.1 Å². The van der Waals surface area contributed by atoms with E-state index in [4.69, 9.17) is 9.66 Å². The van der Waals surface area contributed by atoms with Crippen LogP contribution in [0.15, 0.2) is 40.0 Å². The first-order chi connectivity index (χ1) is 11.2. The molecule has 0 unspecified atom stereocenters. The van der Waals surface area contributed by atoms with Gasteiger partial charge >= 0.3 is 5.97 Å². The number of benzene rings is 1. The van der Waals surface area contributed by atoms with Crippen molar-refractivity contribution in [2.24, 2.45) is 0 Å². The number of amides is 1. The molecule has 1 amide bonds. The van der Waals surface area contributed by atoms with Crippen molar-refractivity contribution in [1.29, 1.82) is 0 Å². The lowest BCUT2D eigenvalue weighted by Gasteiger charge is -2.04. The lowest BCUT2D eigenvalue weighted by Crippen LogP contribution is -2.26. The molecule has 1 heterocycles. The molecule has 0 bridgehead atoms. The van der Waals surface area contributed by atoms with Gasteiger partial charge in [0, 0.05) is 12.6 Å². The molecule has 0 saturated carbocycles. The Kier molecular flexibility index (Phi) is 4.85. The number of aromatic nitrogens is 2. The molecule has 0 aliphatic heterocycles. The molecule has 1 aromatic heterocycles. The zero-order valence-electron chi connectivity index (χ0n) is 12.1. The Labute approximate surface area is 135 Å². The summed E-state index contributed by atoms with van der Waals surface area (Å²) < 4.78 is 31.9. The van der Waals surface area contributed by atoms with Crippen LogP contribution in [0.2, 0.25) is 0 Å². The summed E-state index contributed by atoms with van der Waals surface area (Å²) in [5, 5.41) is 13.4. The quantitative estimate of drug-likeness (QED) is 0.514. The van der Waals surface area contributed by atoms with E-state index in [-0.39, 0.29) is 29.2 Å². The van der Waals surface area contributed by atoms with Crippen molar-refractivity contribution in [3.05, 3.63) is 46.4 Å². The number of hydrogen-bond acceptors (Lipinski definition) is 5. The van der Waals surface area contributed by atoms with Gasteiger partial charge in [0.05, 0.1) is 17.0 Å². The third-order valence-electron chi connectivity index (χ3n) is 2.98. The van der Waals surface area contributed by atoms with Gasteiger partial charge in [0.25, 0.3) is 21.6 Å². The fourth-order valence-corrected chi connectivity index (χ4v) is 2.33. The van der Waals surface area contributed by atoms with Gasteiger partial charge in [-0.2, -0.15) is 8.42 Å². The van der Waals surface area contributed by atoms with E-state index in [1.807, 2.05) is 0 Å². The molecular formula is C13H13N3O7S. The highest BCUT2D eigenvalue weighted by atomic mass is 32.2. The van der Waals surface area contributed by atoms with E-state index < -0.39 is 27.6 Å². The highest BCUT2D eigenvalue weighted by Gasteiger charge is 2.14. The van der Waals surface area contributed by atoms with Crippen molar-refractivity contribution in [3.8, 4) is 5.69 Å². The zero-order chi connectivity index (χ0) is 17.9. The standard InChI is InChI=1S/C13H13N3O7S/c17-11-7-10(13(20)14-6-5-12(18)19)15-16(11)8-1-3-9(4-2-8)24(21,22)23/h1-4,7,15H,5-6H2,(H,14,20)(H,18,19)(H,21,22,23). The predicted octanol–water partition coefficient (Wildman–Crippen LogP) is -0.383. The molecule has 0 atom stereocenters.